The molecule has 0 bridgehead atoms. The fourth-order valence-corrected chi connectivity index (χ4v) is 4.24. The van der Waals surface area contributed by atoms with E-state index in [1.807, 2.05) is 60.7 Å². The summed E-state index contributed by atoms with van der Waals surface area (Å²) < 4.78 is 5.93. The van der Waals surface area contributed by atoms with E-state index in [1.165, 1.54) is 4.90 Å². The molecule has 1 aliphatic heterocycles. The summed E-state index contributed by atoms with van der Waals surface area (Å²) in [5.74, 6) is -0.801. The number of benzene rings is 3. The number of hydrogen-bond acceptors (Lipinski definition) is 4. The Hall–Kier alpha value is -3.86. The molecule has 3 aromatic rings. The van der Waals surface area contributed by atoms with Crippen molar-refractivity contribution in [1.82, 2.24) is 4.90 Å². The molecule has 34 heavy (non-hydrogen) atoms. The zero-order valence-corrected chi connectivity index (χ0v) is 19.3. The summed E-state index contributed by atoms with van der Waals surface area (Å²) in [6.45, 7) is 3.00. The normalized spacial score (nSPS) is 17.2. The minimum atomic E-state index is -0.723. The third-order valence-electron chi connectivity index (χ3n) is 5.97. The standard InChI is InChI=1S/C29H29NO4/c1-2-3-10-18-34-24-17-11-16-23(19-24)26-25(27(31)22-14-8-5-9-15-22)28(32)29(33)30(26)20-21-12-6-4-7-13-21/h4-9,11-17,19,26,31H,2-3,10,18,20H2,1H3. The smallest absolute Gasteiger partial charge is 0.295 e. The number of likely N-dealkylation sites (tertiary alicyclic amines) is 1. The van der Waals surface area contributed by atoms with Crippen LogP contribution in [0.2, 0.25) is 0 Å². The number of aliphatic hydroxyl groups is 1. The fourth-order valence-electron chi connectivity index (χ4n) is 4.24. The van der Waals surface area contributed by atoms with Gasteiger partial charge in [-0.25, -0.2) is 0 Å². The second kappa shape index (κ2) is 10.8. The van der Waals surface area contributed by atoms with E-state index in [0.717, 1.165) is 30.4 Å². The van der Waals surface area contributed by atoms with Crippen LogP contribution in [0, 0.1) is 0 Å². The van der Waals surface area contributed by atoms with Crippen molar-refractivity contribution in [2.75, 3.05) is 6.61 Å². The molecule has 1 N–H and O–H groups in total. The lowest BCUT2D eigenvalue weighted by atomic mass is 9.95. The van der Waals surface area contributed by atoms with Gasteiger partial charge in [-0.1, -0.05) is 92.6 Å². The zero-order chi connectivity index (χ0) is 23.9. The molecule has 1 amide bonds. The van der Waals surface area contributed by atoms with Crippen LogP contribution in [0.3, 0.4) is 0 Å². The molecule has 5 nitrogen and oxygen atoms in total. The third-order valence-corrected chi connectivity index (χ3v) is 5.97. The molecule has 1 unspecified atom stereocenters. The Morgan fingerprint density at radius 3 is 2.32 bits per heavy atom. The van der Waals surface area contributed by atoms with Gasteiger partial charge in [0.1, 0.15) is 11.5 Å². The predicted molar refractivity (Wildman–Crippen MR) is 132 cm³/mol. The van der Waals surface area contributed by atoms with Crippen molar-refractivity contribution in [3.63, 3.8) is 0 Å². The van der Waals surface area contributed by atoms with Gasteiger partial charge in [0.2, 0.25) is 0 Å². The third kappa shape index (κ3) is 5.04. The van der Waals surface area contributed by atoms with E-state index in [1.54, 1.807) is 24.3 Å². The van der Waals surface area contributed by atoms with Gasteiger partial charge in [0, 0.05) is 12.1 Å². The Bertz CT molecular complexity index is 1170. The number of carbonyl (C=O) groups is 2. The number of unbranched alkanes of at least 4 members (excludes halogenated alkanes) is 2. The first kappa shape index (κ1) is 23.3. The number of amides is 1. The number of ether oxygens (including phenoxy) is 1. The highest BCUT2D eigenvalue weighted by Crippen LogP contribution is 2.41. The van der Waals surface area contributed by atoms with Crippen molar-refractivity contribution in [2.24, 2.45) is 0 Å². The number of nitrogens with zero attached hydrogens (tertiary/aromatic N) is 1. The Balaban J connectivity index is 1.76. The summed E-state index contributed by atoms with van der Waals surface area (Å²) in [6, 6.07) is 25.1. The van der Waals surface area contributed by atoms with Gasteiger partial charge in [-0.05, 0) is 29.7 Å². The molecule has 1 heterocycles. The number of hydrogen-bond donors (Lipinski definition) is 1. The summed E-state index contributed by atoms with van der Waals surface area (Å²) in [5.41, 5.74) is 2.22. The van der Waals surface area contributed by atoms with Gasteiger partial charge in [0.15, 0.2) is 0 Å². The van der Waals surface area contributed by atoms with Crippen molar-refractivity contribution in [3.8, 4) is 5.75 Å². The van der Waals surface area contributed by atoms with E-state index in [-0.39, 0.29) is 17.9 Å². The second-order valence-corrected chi connectivity index (χ2v) is 8.41. The van der Waals surface area contributed by atoms with E-state index < -0.39 is 17.7 Å². The van der Waals surface area contributed by atoms with Crippen LogP contribution in [0.25, 0.3) is 5.76 Å². The number of carbonyl (C=O) groups excluding carboxylic acids is 2. The van der Waals surface area contributed by atoms with Gasteiger partial charge < -0.3 is 14.7 Å². The van der Waals surface area contributed by atoms with Crippen molar-refractivity contribution in [2.45, 2.75) is 38.8 Å². The molecule has 1 aliphatic rings. The van der Waals surface area contributed by atoms with E-state index in [2.05, 4.69) is 6.92 Å². The molecule has 0 aromatic heterocycles. The highest BCUT2D eigenvalue weighted by atomic mass is 16.5. The Labute approximate surface area is 200 Å². The quantitative estimate of drug-likeness (QED) is 0.189. The minimum absolute atomic E-state index is 0.0928. The first-order valence-corrected chi connectivity index (χ1v) is 11.7. The second-order valence-electron chi connectivity index (χ2n) is 8.41. The average molecular weight is 456 g/mol. The molecule has 1 fully saturated rings. The molecule has 0 radical (unpaired) electrons. The van der Waals surface area contributed by atoms with Gasteiger partial charge in [-0.3, -0.25) is 9.59 Å². The highest BCUT2D eigenvalue weighted by molar-refractivity contribution is 6.46. The van der Waals surface area contributed by atoms with Crippen molar-refractivity contribution in [3.05, 3.63) is 107 Å². The number of Topliss-reactive ketones (excluding diaryl/α,β-unsaturated/α-hetero) is 1. The minimum Gasteiger partial charge on any atom is -0.507 e. The van der Waals surface area contributed by atoms with Crippen LogP contribution >= 0.6 is 0 Å². The van der Waals surface area contributed by atoms with Gasteiger partial charge in [-0.15, -0.1) is 0 Å². The maximum absolute atomic E-state index is 13.2. The molecule has 0 saturated carbocycles. The molecular weight excluding hydrogens is 426 g/mol. The monoisotopic (exact) mass is 455 g/mol. The van der Waals surface area contributed by atoms with Crippen LogP contribution in [0.4, 0.5) is 0 Å². The number of rotatable bonds is 9. The SMILES string of the molecule is CCCCCOc1cccc(C2C(=C(O)c3ccccc3)C(=O)C(=O)N2Cc2ccccc2)c1. The fraction of sp³-hybridized carbons (Fsp3) is 0.241. The van der Waals surface area contributed by atoms with Crippen LogP contribution in [-0.4, -0.2) is 28.3 Å². The number of ketones is 1. The summed E-state index contributed by atoms with van der Waals surface area (Å²) in [5, 5.41) is 11.1. The largest absolute Gasteiger partial charge is 0.507 e. The Kier molecular flexibility index (Phi) is 7.43. The predicted octanol–water partition coefficient (Wildman–Crippen LogP) is 5.88. The Morgan fingerprint density at radius 1 is 0.912 bits per heavy atom. The molecule has 1 saturated heterocycles. The van der Waals surface area contributed by atoms with Crippen molar-refractivity contribution >= 4 is 17.4 Å². The Morgan fingerprint density at radius 2 is 1.62 bits per heavy atom. The number of aliphatic hydroxyl groups excluding tert-OH is 1. The summed E-state index contributed by atoms with van der Waals surface area (Å²) >= 11 is 0. The zero-order valence-electron chi connectivity index (χ0n) is 19.3. The molecule has 5 heteroatoms. The summed E-state index contributed by atoms with van der Waals surface area (Å²) in [7, 11) is 0. The van der Waals surface area contributed by atoms with Crippen molar-refractivity contribution in [1.29, 1.82) is 0 Å². The van der Waals surface area contributed by atoms with E-state index in [4.69, 9.17) is 4.74 Å². The molecule has 0 aliphatic carbocycles. The molecule has 3 aromatic carbocycles. The maximum Gasteiger partial charge on any atom is 0.295 e. The maximum atomic E-state index is 13.2. The van der Waals surface area contributed by atoms with Crippen LogP contribution in [-0.2, 0) is 16.1 Å². The van der Waals surface area contributed by atoms with Gasteiger partial charge in [0.05, 0.1) is 18.2 Å². The van der Waals surface area contributed by atoms with Gasteiger partial charge in [0.25, 0.3) is 11.7 Å². The van der Waals surface area contributed by atoms with Crippen LogP contribution in [0.1, 0.15) is 48.9 Å². The molecule has 1 atom stereocenters. The molecule has 4 rings (SSSR count). The van der Waals surface area contributed by atoms with Gasteiger partial charge >= 0.3 is 0 Å². The molecule has 0 spiro atoms. The average Bonchev–Trinajstić information content (AvgIpc) is 3.12. The molecular formula is C29H29NO4. The summed E-state index contributed by atoms with van der Waals surface area (Å²) in [4.78, 5) is 27.9. The van der Waals surface area contributed by atoms with Crippen LogP contribution in [0.5, 0.6) is 5.75 Å². The lowest BCUT2D eigenvalue weighted by molar-refractivity contribution is -0.140. The van der Waals surface area contributed by atoms with Crippen LogP contribution < -0.4 is 4.74 Å². The first-order chi connectivity index (χ1) is 16.6. The topological polar surface area (TPSA) is 66.8 Å². The lowest BCUT2D eigenvalue weighted by Gasteiger charge is -2.26. The lowest BCUT2D eigenvalue weighted by Crippen LogP contribution is -2.29. The van der Waals surface area contributed by atoms with Crippen LogP contribution in [0.15, 0.2) is 90.5 Å². The first-order valence-electron chi connectivity index (χ1n) is 11.7. The van der Waals surface area contributed by atoms with Gasteiger partial charge in [-0.2, -0.15) is 0 Å². The molecule has 174 valence electrons. The van der Waals surface area contributed by atoms with E-state index >= 15 is 0 Å². The van der Waals surface area contributed by atoms with E-state index in [9.17, 15) is 14.7 Å². The highest BCUT2D eigenvalue weighted by Gasteiger charge is 2.46. The van der Waals surface area contributed by atoms with E-state index in [0.29, 0.717) is 17.9 Å². The summed E-state index contributed by atoms with van der Waals surface area (Å²) in [6.07, 6.45) is 3.16. The van der Waals surface area contributed by atoms with Crippen molar-refractivity contribution < 1.29 is 19.4 Å².